The van der Waals surface area contributed by atoms with E-state index in [0.717, 1.165) is 17.4 Å². The highest BCUT2D eigenvalue weighted by molar-refractivity contribution is 9.10. The standard InChI is InChI=1S/C16H27BrN2/c1-5-7-10-19(12(3)6-2)16-9-8-14(13(4)18)11-15(16)17/h8-9,11-13H,5-7,10,18H2,1-4H3/t12?,13-/m1/s1. The van der Waals surface area contributed by atoms with Crippen molar-refractivity contribution in [1.29, 1.82) is 0 Å². The number of anilines is 1. The molecule has 0 heterocycles. The first kappa shape index (κ1) is 16.5. The lowest BCUT2D eigenvalue weighted by Gasteiger charge is -2.32. The topological polar surface area (TPSA) is 29.3 Å². The van der Waals surface area contributed by atoms with Gasteiger partial charge in [-0.15, -0.1) is 0 Å². The Hall–Kier alpha value is -0.540. The van der Waals surface area contributed by atoms with Crippen LogP contribution >= 0.6 is 15.9 Å². The number of hydrogen-bond donors (Lipinski definition) is 1. The lowest BCUT2D eigenvalue weighted by Crippen LogP contribution is -2.33. The molecule has 0 saturated heterocycles. The van der Waals surface area contributed by atoms with Crippen molar-refractivity contribution in [3.63, 3.8) is 0 Å². The first-order chi connectivity index (χ1) is 9.01. The second kappa shape index (κ2) is 7.91. The summed E-state index contributed by atoms with van der Waals surface area (Å²) in [4.78, 5) is 2.50. The average molecular weight is 327 g/mol. The molecule has 2 nitrogen and oxygen atoms in total. The molecule has 0 aliphatic heterocycles. The second-order valence-electron chi connectivity index (χ2n) is 5.30. The van der Waals surface area contributed by atoms with E-state index in [-0.39, 0.29) is 6.04 Å². The number of hydrogen-bond acceptors (Lipinski definition) is 2. The Bertz CT molecular complexity index is 390. The van der Waals surface area contributed by atoms with Crippen molar-refractivity contribution in [1.82, 2.24) is 0 Å². The summed E-state index contributed by atoms with van der Waals surface area (Å²) in [5, 5.41) is 0. The molecule has 1 aromatic rings. The third-order valence-electron chi connectivity index (χ3n) is 3.68. The Labute approximate surface area is 126 Å². The van der Waals surface area contributed by atoms with Crippen LogP contribution in [0.2, 0.25) is 0 Å². The van der Waals surface area contributed by atoms with E-state index in [1.165, 1.54) is 24.1 Å². The normalized spacial score (nSPS) is 14.2. The van der Waals surface area contributed by atoms with Crippen LogP contribution in [-0.4, -0.2) is 12.6 Å². The summed E-state index contributed by atoms with van der Waals surface area (Å²) in [6.45, 7) is 9.91. The molecule has 19 heavy (non-hydrogen) atoms. The van der Waals surface area contributed by atoms with Crippen molar-refractivity contribution >= 4 is 21.6 Å². The lowest BCUT2D eigenvalue weighted by atomic mass is 10.1. The molecule has 1 aromatic carbocycles. The number of nitrogens with zero attached hydrogens (tertiary/aromatic N) is 1. The monoisotopic (exact) mass is 326 g/mol. The summed E-state index contributed by atoms with van der Waals surface area (Å²) >= 11 is 3.71. The molecule has 0 aliphatic rings. The minimum absolute atomic E-state index is 0.0815. The van der Waals surface area contributed by atoms with Crippen LogP contribution in [0.4, 0.5) is 5.69 Å². The van der Waals surface area contributed by atoms with Crippen molar-refractivity contribution in [3.05, 3.63) is 28.2 Å². The fourth-order valence-electron chi connectivity index (χ4n) is 2.17. The molecule has 1 rings (SSSR count). The summed E-state index contributed by atoms with van der Waals surface area (Å²) in [5.74, 6) is 0. The Kier molecular flexibility index (Phi) is 6.87. The smallest absolute Gasteiger partial charge is 0.0513 e. The highest BCUT2D eigenvalue weighted by Gasteiger charge is 2.15. The molecule has 0 radical (unpaired) electrons. The Morgan fingerprint density at radius 2 is 1.95 bits per heavy atom. The van der Waals surface area contributed by atoms with Gasteiger partial charge in [0.25, 0.3) is 0 Å². The molecule has 1 unspecified atom stereocenters. The molecule has 0 aromatic heterocycles. The van der Waals surface area contributed by atoms with Gasteiger partial charge in [-0.3, -0.25) is 0 Å². The van der Waals surface area contributed by atoms with E-state index in [9.17, 15) is 0 Å². The molecule has 0 fully saturated rings. The van der Waals surface area contributed by atoms with E-state index in [4.69, 9.17) is 5.73 Å². The number of unbranched alkanes of at least 4 members (excludes halogenated alkanes) is 1. The maximum Gasteiger partial charge on any atom is 0.0513 e. The maximum atomic E-state index is 5.94. The van der Waals surface area contributed by atoms with Gasteiger partial charge in [0.1, 0.15) is 0 Å². The van der Waals surface area contributed by atoms with Gasteiger partial charge in [0.2, 0.25) is 0 Å². The first-order valence-electron chi connectivity index (χ1n) is 7.32. The minimum Gasteiger partial charge on any atom is -0.368 e. The van der Waals surface area contributed by atoms with Gasteiger partial charge in [0.05, 0.1) is 5.69 Å². The molecule has 0 saturated carbocycles. The maximum absolute atomic E-state index is 5.94. The molecular weight excluding hydrogens is 300 g/mol. The van der Waals surface area contributed by atoms with Gasteiger partial charge in [0, 0.05) is 23.1 Å². The van der Waals surface area contributed by atoms with E-state index in [1.54, 1.807) is 0 Å². The van der Waals surface area contributed by atoms with Crippen LogP contribution in [0.5, 0.6) is 0 Å². The molecular formula is C16H27BrN2. The molecule has 0 aliphatic carbocycles. The summed E-state index contributed by atoms with van der Waals surface area (Å²) < 4.78 is 1.15. The Morgan fingerprint density at radius 3 is 2.42 bits per heavy atom. The molecule has 2 N–H and O–H groups in total. The van der Waals surface area contributed by atoms with Crippen molar-refractivity contribution in [2.75, 3.05) is 11.4 Å². The zero-order valence-corrected chi connectivity index (χ0v) is 14.2. The van der Waals surface area contributed by atoms with E-state index in [1.807, 2.05) is 6.92 Å². The van der Waals surface area contributed by atoms with Crippen LogP contribution in [0.25, 0.3) is 0 Å². The molecule has 3 heteroatoms. The molecule has 108 valence electrons. The van der Waals surface area contributed by atoms with Gasteiger partial charge in [-0.05, 0) is 60.3 Å². The molecule has 2 atom stereocenters. The van der Waals surface area contributed by atoms with Crippen LogP contribution < -0.4 is 10.6 Å². The van der Waals surface area contributed by atoms with E-state index in [2.05, 4.69) is 59.8 Å². The highest BCUT2D eigenvalue weighted by atomic mass is 79.9. The summed E-state index contributed by atoms with van der Waals surface area (Å²) in [7, 11) is 0. The molecule has 0 bridgehead atoms. The van der Waals surface area contributed by atoms with E-state index < -0.39 is 0 Å². The number of nitrogens with two attached hydrogens (primary N) is 1. The lowest BCUT2D eigenvalue weighted by molar-refractivity contribution is 0.594. The van der Waals surface area contributed by atoms with Gasteiger partial charge >= 0.3 is 0 Å². The van der Waals surface area contributed by atoms with Gasteiger partial charge in [-0.25, -0.2) is 0 Å². The van der Waals surface area contributed by atoms with E-state index in [0.29, 0.717) is 6.04 Å². The predicted molar refractivity (Wildman–Crippen MR) is 88.8 cm³/mol. The predicted octanol–water partition coefficient (Wildman–Crippen LogP) is 4.87. The Balaban J connectivity index is 3.01. The summed E-state index contributed by atoms with van der Waals surface area (Å²) in [6.07, 6.45) is 3.61. The van der Waals surface area contributed by atoms with Crippen molar-refractivity contribution in [2.45, 2.75) is 59.0 Å². The largest absolute Gasteiger partial charge is 0.368 e. The number of rotatable bonds is 7. The van der Waals surface area contributed by atoms with Crippen LogP contribution in [0.3, 0.4) is 0 Å². The van der Waals surface area contributed by atoms with E-state index >= 15 is 0 Å². The van der Waals surface area contributed by atoms with Gasteiger partial charge in [-0.1, -0.05) is 26.3 Å². The zero-order valence-electron chi connectivity index (χ0n) is 12.6. The molecule has 0 amide bonds. The number of benzene rings is 1. The highest BCUT2D eigenvalue weighted by Crippen LogP contribution is 2.31. The summed E-state index contributed by atoms with van der Waals surface area (Å²) in [5.41, 5.74) is 8.40. The first-order valence-corrected chi connectivity index (χ1v) is 8.12. The zero-order chi connectivity index (χ0) is 14.4. The Morgan fingerprint density at radius 1 is 1.26 bits per heavy atom. The average Bonchev–Trinajstić information content (AvgIpc) is 2.39. The van der Waals surface area contributed by atoms with Crippen LogP contribution in [0.1, 0.15) is 58.6 Å². The van der Waals surface area contributed by atoms with Crippen molar-refractivity contribution in [2.24, 2.45) is 5.73 Å². The van der Waals surface area contributed by atoms with Crippen molar-refractivity contribution < 1.29 is 0 Å². The fourth-order valence-corrected chi connectivity index (χ4v) is 2.79. The van der Waals surface area contributed by atoms with Crippen molar-refractivity contribution in [3.8, 4) is 0 Å². The van der Waals surface area contributed by atoms with Gasteiger partial charge in [0.15, 0.2) is 0 Å². The summed E-state index contributed by atoms with van der Waals surface area (Å²) in [6, 6.07) is 7.14. The van der Waals surface area contributed by atoms with Gasteiger partial charge < -0.3 is 10.6 Å². The number of halogens is 1. The third kappa shape index (κ3) is 4.50. The fraction of sp³-hybridized carbons (Fsp3) is 0.625. The van der Waals surface area contributed by atoms with Crippen LogP contribution in [0, 0.1) is 0 Å². The van der Waals surface area contributed by atoms with Crippen LogP contribution in [-0.2, 0) is 0 Å². The SMILES string of the molecule is CCCCN(c1ccc([C@@H](C)N)cc1Br)C(C)CC. The van der Waals surface area contributed by atoms with Crippen LogP contribution in [0.15, 0.2) is 22.7 Å². The quantitative estimate of drug-likeness (QED) is 0.774. The second-order valence-corrected chi connectivity index (χ2v) is 6.16. The van der Waals surface area contributed by atoms with Gasteiger partial charge in [-0.2, -0.15) is 0 Å². The minimum atomic E-state index is 0.0815. The molecule has 0 spiro atoms. The third-order valence-corrected chi connectivity index (χ3v) is 4.32.